The molecule has 80 valence electrons. The summed E-state index contributed by atoms with van der Waals surface area (Å²) in [6.45, 7) is 4.29. The third kappa shape index (κ3) is 2.39. The van der Waals surface area contributed by atoms with Crippen molar-refractivity contribution in [3.05, 3.63) is 10.6 Å². The lowest BCUT2D eigenvalue weighted by molar-refractivity contribution is 0.513. The maximum atomic E-state index is 5.23. The number of nitrogens with one attached hydrogen (secondary N) is 1. The Hall–Kier alpha value is -0.290. The van der Waals surface area contributed by atoms with Crippen LogP contribution in [-0.4, -0.2) is 26.8 Å². The fourth-order valence-corrected chi connectivity index (χ4v) is 2.60. The lowest BCUT2D eigenvalue weighted by Gasteiger charge is -2.16. The van der Waals surface area contributed by atoms with Crippen LogP contribution in [0.2, 0.25) is 0 Å². The van der Waals surface area contributed by atoms with Crippen molar-refractivity contribution in [3.8, 4) is 0 Å². The molecule has 5 heteroatoms. The first-order valence-electron chi connectivity index (χ1n) is 4.89. The third-order valence-corrected chi connectivity index (χ3v) is 3.30. The lowest BCUT2D eigenvalue weighted by Crippen LogP contribution is -2.13. The molecule has 0 saturated carbocycles. The summed E-state index contributed by atoms with van der Waals surface area (Å²) < 4.78 is 2.91. The van der Waals surface area contributed by atoms with E-state index in [0.29, 0.717) is 6.04 Å². The molecule has 0 aliphatic heterocycles. The fourth-order valence-electron chi connectivity index (χ4n) is 1.53. The van der Waals surface area contributed by atoms with Crippen LogP contribution in [0.3, 0.4) is 0 Å². The fraction of sp³-hybridized carbons (Fsp3) is 0.778. The van der Waals surface area contributed by atoms with Crippen molar-refractivity contribution in [1.82, 2.24) is 14.8 Å². The van der Waals surface area contributed by atoms with E-state index in [0.717, 1.165) is 29.2 Å². The molecule has 1 atom stereocenters. The Kier molecular flexibility index (Phi) is 4.68. The first-order chi connectivity index (χ1) is 6.74. The van der Waals surface area contributed by atoms with Crippen LogP contribution in [0.4, 0.5) is 0 Å². The van der Waals surface area contributed by atoms with Gasteiger partial charge in [-0.3, -0.25) is 5.10 Å². The zero-order chi connectivity index (χ0) is 10.6. The van der Waals surface area contributed by atoms with E-state index in [1.54, 1.807) is 0 Å². The molecule has 14 heavy (non-hydrogen) atoms. The van der Waals surface area contributed by atoms with Crippen molar-refractivity contribution in [1.29, 1.82) is 0 Å². The van der Waals surface area contributed by atoms with Crippen molar-refractivity contribution < 1.29 is 0 Å². The van der Waals surface area contributed by atoms with E-state index < -0.39 is 0 Å². The van der Waals surface area contributed by atoms with Gasteiger partial charge in [0.05, 0.1) is 0 Å². The number of aryl methyl sites for hydroxylation is 1. The zero-order valence-electron chi connectivity index (χ0n) is 8.91. The molecule has 0 bridgehead atoms. The maximum Gasteiger partial charge on any atom is 0.195 e. The number of aromatic amines is 1. The van der Waals surface area contributed by atoms with Gasteiger partial charge in [-0.15, -0.1) is 0 Å². The second-order valence-corrected chi connectivity index (χ2v) is 4.48. The van der Waals surface area contributed by atoms with Gasteiger partial charge in [-0.2, -0.15) is 16.9 Å². The van der Waals surface area contributed by atoms with E-state index in [-0.39, 0.29) is 0 Å². The maximum absolute atomic E-state index is 5.23. The molecular formula is C9H17N3S2. The van der Waals surface area contributed by atoms with Crippen LogP contribution in [0.25, 0.3) is 0 Å². The number of rotatable bonds is 5. The smallest absolute Gasteiger partial charge is 0.195 e. The van der Waals surface area contributed by atoms with Gasteiger partial charge in [0, 0.05) is 18.2 Å². The van der Waals surface area contributed by atoms with Crippen LogP contribution in [0, 0.1) is 4.77 Å². The highest BCUT2D eigenvalue weighted by atomic mass is 32.2. The molecule has 1 unspecified atom stereocenters. The normalized spacial score (nSPS) is 13.1. The minimum Gasteiger partial charge on any atom is -0.300 e. The Labute approximate surface area is 94.3 Å². The molecule has 0 fully saturated rings. The third-order valence-electron chi connectivity index (χ3n) is 2.29. The van der Waals surface area contributed by atoms with Crippen molar-refractivity contribution in [2.75, 3.05) is 12.0 Å². The summed E-state index contributed by atoms with van der Waals surface area (Å²) >= 11 is 7.08. The number of aromatic nitrogens is 3. The van der Waals surface area contributed by atoms with Gasteiger partial charge in [0.25, 0.3) is 0 Å². The second kappa shape index (κ2) is 5.56. The Morgan fingerprint density at radius 3 is 2.79 bits per heavy atom. The minimum absolute atomic E-state index is 0.478. The van der Waals surface area contributed by atoms with Crippen molar-refractivity contribution in [2.45, 2.75) is 32.7 Å². The average molecular weight is 231 g/mol. The monoisotopic (exact) mass is 231 g/mol. The molecule has 0 aliphatic carbocycles. The highest BCUT2D eigenvalue weighted by Crippen LogP contribution is 2.18. The van der Waals surface area contributed by atoms with Crippen LogP contribution in [-0.2, 0) is 6.42 Å². The summed E-state index contributed by atoms with van der Waals surface area (Å²) in [7, 11) is 0. The first kappa shape index (κ1) is 11.8. The van der Waals surface area contributed by atoms with Crippen molar-refractivity contribution in [2.24, 2.45) is 0 Å². The van der Waals surface area contributed by atoms with Crippen LogP contribution >= 0.6 is 24.0 Å². The molecule has 1 aromatic heterocycles. The SMILES string of the molecule is CCc1n[nH]c(=S)n1C(CC)CSC. The van der Waals surface area contributed by atoms with Crippen LogP contribution in [0.15, 0.2) is 0 Å². The number of hydrogen-bond donors (Lipinski definition) is 1. The molecule has 1 aromatic rings. The van der Waals surface area contributed by atoms with Gasteiger partial charge in [0.2, 0.25) is 0 Å². The molecule has 3 nitrogen and oxygen atoms in total. The summed E-state index contributed by atoms with van der Waals surface area (Å²) in [4.78, 5) is 0. The highest BCUT2D eigenvalue weighted by Gasteiger charge is 2.13. The topological polar surface area (TPSA) is 33.6 Å². The molecule has 0 aromatic carbocycles. The van der Waals surface area contributed by atoms with E-state index in [2.05, 4.69) is 34.9 Å². The Balaban J connectivity index is 3.00. The molecular weight excluding hydrogens is 214 g/mol. The molecule has 0 radical (unpaired) electrons. The number of hydrogen-bond acceptors (Lipinski definition) is 3. The van der Waals surface area contributed by atoms with E-state index in [4.69, 9.17) is 12.2 Å². The number of nitrogens with zero attached hydrogens (tertiary/aromatic N) is 2. The van der Waals surface area contributed by atoms with E-state index in [9.17, 15) is 0 Å². The van der Waals surface area contributed by atoms with Gasteiger partial charge in [-0.05, 0) is 24.9 Å². The molecule has 1 heterocycles. The molecule has 0 spiro atoms. The highest BCUT2D eigenvalue weighted by molar-refractivity contribution is 7.98. The van der Waals surface area contributed by atoms with Crippen LogP contribution < -0.4 is 0 Å². The Morgan fingerprint density at radius 2 is 2.29 bits per heavy atom. The lowest BCUT2D eigenvalue weighted by atomic mass is 10.2. The summed E-state index contributed by atoms with van der Waals surface area (Å²) in [6.07, 6.45) is 4.15. The summed E-state index contributed by atoms with van der Waals surface area (Å²) in [5.41, 5.74) is 0. The van der Waals surface area contributed by atoms with Gasteiger partial charge >= 0.3 is 0 Å². The number of H-pyrrole nitrogens is 1. The van der Waals surface area contributed by atoms with Crippen LogP contribution in [0.1, 0.15) is 32.1 Å². The van der Waals surface area contributed by atoms with Gasteiger partial charge in [-0.25, -0.2) is 0 Å². The second-order valence-electron chi connectivity index (χ2n) is 3.19. The molecule has 0 aliphatic rings. The summed E-state index contributed by atoms with van der Waals surface area (Å²) in [5, 5.41) is 7.09. The van der Waals surface area contributed by atoms with Crippen molar-refractivity contribution >= 4 is 24.0 Å². The zero-order valence-corrected chi connectivity index (χ0v) is 10.5. The van der Waals surface area contributed by atoms with E-state index >= 15 is 0 Å². The van der Waals surface area contributed by atoms with E-state index in [1.165, 1.54) is 0 Å². The summed E-state index contributed by atoms with van der Waals surface area (Å²) in [5.74, 6) is 2.16. The van der Waals surface area contributed by atoms with Crippen LogP contribution in [0.5, 0.6) is 0 Å². The Bertz CT molecular complexity index is 329. The average Bonchev–Trinajstić information content (AvgIpc) is 2.56. The largest absolute Gasteiger partial charge is 0.300 e. The molecule has 0 amide bonds. The molecule has 0 saturated heterocycles. The number of thioether (sulfide) groups is 1. The molecule has 1 N–H and O–H groups in total. The van der Waals surface area contributed by atoms with Gasteiger partial charge in [0.15, 0.2) is 4.77 Å². The van der Waals surface area contributed by atoms with Gasteiger partial charge in [0.1, 0.15) is 5.82 Å². The standard InChI is InChI=1S/C9H17N3S2/c1-4-7(6-14-3)12-8(5-2)10-11-9(12)13/h7H,4-6H2,1-3H3,(H,11,13). The first-order valence-corrected chi connectivity index (χ1v) is 6.69. The van der Waals surface area contributed by atoms with Crippen molar-refractivity contribution in [3.63, 3.8) is 0 Å². The summed E-state index contributed by atoms with van der Waals surface area (Å²) in [6, 6.07) is 0.478. The van der Waals surface area contributed by atoms with Gasteiger partial charge in [-0.1, -0.05) is 13.8 Å². The minimum atomic E-state index is 0.478. The quantitative estimate of drug-likeness (QED) is 0.791. The molecule has 1 rings (SSSR count). The Morgan fingerprint density at radius 1 is 1.57 bits per heavy atom. The van der Waals surface area contributed by atoms with E-state index in [1.807, 2.05) is 11.8 Å². The predicted molar refractivity (Wildman–Crippen MR) is 64.5 cm³/mol. The predicted octanol–water partition coefficient (Wildman–Crippen LogP) is 2.82. The van der Waals surface area contributed by atoms with Gasteiger partial charge < -0.3 is 4.57 Å².